The fourth-order valence-corrected chi connectivity index (χ4v) is 1.49. The highest BCUT2D eigenvalue weighted by atomic mass is 16.5. The van der Waals surface area contributed by atoms with Crippen LogP contribution in [-0.4, -0.2) is 37.7 Å². The van der Waals surface area contributed by atoms with Gasteiger partial charge in [0.25, 0.3) is 0 Å². The summed E-state index contributed by atoms with van der Waals surface area (Å²) in [5, 5.41) is 5.96. The first-order valence-corrected chi connectivity index (χ1v) is 6.14. The van der Waals surface area contributed by atoms with Crippen molar-refractivity contribution >= 4 is 5.91 Å². The van der Waals surface area contributed by atoms with Crippen molar-refractivity contribution in [1.29, 1.82) is 0 Å². The third-order valence-corrected chi connectivity index (χ3v) is 2.55. The smallest absolute Gasteiger partial charge is 0.233 e. The molecule has 1 atom stereocenters. The molecule has 100 valence electrons. The molecule has 0 aromatic carbocycles. The van der Waals surface area contributed by atoms with Gasteiger partial charge in [-0.1, -0.05) is 6.07 Å². The molecule has 0 spiro atoms. The number of carbonyl (C=O) groups is 1. The first-order valence-electron chi connectivity index (χ1n) is 6.14. The lowest BCUT2D eigenvalue weighted by atomic mass is 10.2. The maximum atomic E-state index is 11.5. The van der Waals surface area contributed by atoms with Gasteiger partial charge in [-0.3, -0.25) is 9.78 Å². The largest absolute Gasteiger partial charge is 0.385 e. The Hall–Kier alpha value is -1.46. The monoisotopic (exact) mass is 251 g/mol. The Labute approximate surface area is 108 Å². The van der Waals surface area contributed by atoms with Crippen molar-refractivity contribution in [2.45, 2.75) is 19.4 Å². The van der Waals surface area contributed by atoms with Crippen LogP contribution < -0.4 is 10.6 Å². The van der Waals surface area contributed by atoms with Gasteiger partial charge in [-0.2, -0.15) is 0 Å². The van der Waals surface area contributed by atoms with Crippen LogP contribution in [0.3, 0.4) is 0 Å². The lowest BCUT2D eigenvalue weighted by Crippen LogP contribution is -2.35. The van der Waals surface area contributed by atoms with Gasteiger partial charge >= 0.3 is 0 Å². The molecule has 0 aliphatic heterocycles. The summed E-state index contributed by atoms with van der Waals surface area (Å²) in [6, 6.07) is 5.81. The summed E-state index contributed by atoms with van der Waals surface area (Å²) >= 11 is 0. The Kier molecular flexibility index (Phi) is 6.98. The van der Waals surface area contributed by atoms with Gasteiger partial charge in [-0.25, -0.2) is 0 Å². The number of nitrogens with one attached hydrogen (secondary N) is 2. The van der Waals surface area contributed by atoms with E-state index in [2.05, 4.69) is 15.6 Å². The lowest BCUT2D eigenvalue weighted by molar-refractivity contribution is -0.120. The summed E-state index contributed by atoms with van der Waals surface area (Å²) in [4.78, 5) is 15.7. The molecule has 1 unspecified atom stereocenters. The van der Waals surface area contributed by atoms with Crippen LogP contribution in [-0.2, 0) is 9.53 Å². The molecule has 0 aliphatic rings. The van der Waals surface area contributed by atoms with E-state index in [4.69, 9.17) is 4.74 Å². The fourth-order valence-electron chi connectivity index (χ4n) is 1.49. The van der Waals surface area contributed by atoms with Crippen molar-refractivity contribution < 1.29 is 9.53 Å². The van der Waals surface area contributed by atoms with E-state index in [-0.39, 0.29) is 11.9 Å². The minimum Gasteiger partial charge on any atom is -0.385 e. The molecule has 0 fully saturated rings. The molecule has 1 rings (SSSR count). The summed E-state index contributed by atoms with van der Waals surface area (Å²) in [5.74, 6) is -0.00566. The van der Waals surface area contributed by atoms with Gasteiger partial charge in [0.15, 0.2) is 0 Å². The van der Waals surface area contributed by atoms with Crippen LogP contribution in [0.2, 0.25) is 0 Å². The van der Waals surface area contributed by atoms with Crippen LogP contribution in [0.25, 0.3) is 0 Å². The molecule has 0 radical (unpaired) electrons. The maximum Gasteiger partial charge on any atom is 0.233 e. The molecule has 0 bridgehead atoms. The predicted octanol–water partition coefficient (Wildman–Crippen LogP) is 0.885. The molecule has 0 aliphatic carbocycles. The van der Waals surface area contributed by atoms with Gasteiger partial charge in [0.05, 0.1) is 12.2 Å². The molecule has 2 N–H and O–H groups in total. The summed E-state index contributed by atoms with van der Waals surface area (Å²) < 4.78 is 4.90. The molecule has 5 nitrogen and oxygen atoms in total. The van der Waals surface area contributed by atoms with Gasteiger partial charge in [-0.15, -0.1) is 0 Å². The van der Waals surface area contributed by atoms with Crippen LogP contribution >= 0.6 is 0 Å². The SMILES string of the molecule is COCCCNC(=O)CNC(C)c1ccccn1. The van der Waals surface area contributed by atoms with E-state index in [9.17, 15) is 4.79 Å². The average molecular weight is 251 g/mol. The second-order valence-electron chi connectivity index (χ2n) is 4.05. The number of methoxy groups -OCH3 is 1. The minimum atomic E-state index is -0.00566. The second-order valence-corrected chi connectivity index (χ2v) is 4.05. The number of pyridine rings is 1. The van der Waals surface area contributed by atoms with Crippen molar-refractivity contribution in [2.75, 3.05) is 26.8 Å². The highest BCUT2D eigenvalue weighted by molar-refractivity contribution is 5.77. The van der Waals surface area contributed by atoms with Crippen molar-refractivity contribution in [2.24, 2.45) is 0 Å². The van der Waals surface area contributed by atoms with E-state index < -0.39 is 0 Å². The Morgan fingerprint density at radius 3 is 3.00 bits per heavy atom. The van der Waals surface area contributed by atoms with Gasteiger partial charge in [-0.05, 0) is 25.5 Å². The first-order chi connectivity index (χ1) is 8.74. The molecule has 0 saturated carbocycles. The lowest BCUT2D eigenvalue weighted by Gasteiger charge is -2.13. The highest BCUT2D eigenvalue weighted by Crippen LogP contribution is 2.06. The number of hydrogen-bond donors (Lipinski definition) is 2. The van der Waals surface area contributed by atoms with Crippen LogP contribution in [0.5, 0.6) is 0 Å². The Bertz CT molecular complexity index is 343. The number of rotatable bonds is 8. The molecule has 1 heterocycles. The zero-order valence-electron chi connectivity index (χ0n) is 11.0. The number of carbonyl (C=O) groups excluding carboxylic acids is 1. The van der Waals surface area contributed by atoms with E-state index >= 15 is 0 Å². The quantitative estimate of drug-likeness (QED) is 0.673. The summed E-state index contributed by atoms with van der Waals surface area (Å²) in [6.07, 6.45) is 2.58. The van der Waals surface area contributed by atoms with Gasteiger partial charge in [0.2, 0.25) is 5.91 Å². The minimum absolute atomic E-state index is 0.00566. The first kappa shape index (κ1) is 14.6. The van der Waals surface area contributed by atoms with Crippen LogP contribution in [0.15, 0.2) is 24.4 Å². The van der Waals surface area contributed by atoms with E-state index in [1.165, 1.54) is 0 Å². The Balaban J connectivity index is 2.18. The van der Waals surface area contributed by atoms with Crippen molar-refractivity contribution in [3.63, 3.8) is 0 Å². The Morgan fingerprint density at radius 2 is 2.33 bits per heavy atom. The molecule has 18 heavy (non-hydrogen) atoms. The summed E-state index contributed by atoms with van der Waals surface area (Å²) in [7, 11) is 1.65. The number of hydrogen-bond acceptors (Lipinski definition) is 4. The molecule has 1 amide bonds. The van der Waals surface area contributed by atoms with E-state index in [0.717, 1.165) is 12.1 Å². The molecular formula is C13H21N3O2. The van der Waals surface area contributed by atoms with Crippen LogP contribution in [0, 0.1) is 0 Å². The zero-order chi connectivity index (χ0) is 13.2. The van der Waals surface area contributed by atoms with E-state index in [0.29, 0.717) is 19.7 Å². The number of nitrogens with zero attached hydrogens (tertiary/aromatic N) is 1. The molecule has 0 saturated heterocycles. The third-order valence-electron chi connectivity index (χ3n) is 2.55. The fraction of sp³-hybridized carbons (Fsp3) is 0.538. The predicted molar refractivity (Wildman–Crippen MR) is 70.2 cm³/mol. The van der Waals surface area contributed by atoms with Crippen LogP contribution in [0.4, 0.5) is 0 Å². The molecular weight excluding hydrogens is 230 g/mol. The number of ether oxygens (including phenoxy) is 1. The third kappa shape index (κ3) is 5.75. The van der Waals surface area contributed by atoms with E-state index in [1.807, 2.05) is 25.1 Å². The number of aromatic nitrogens is 1. The van der Waals surface area contributed by atoms with Gasteiger partial charge in [0, 0.05) is 32.5 Å². The second kappa shape index (κ2) is 8.60. The molecule has 1 aromatic rings. The maximum absolute atomic E-state index is 11.5. The van der Waals surface area contributed by atoms with Gasteiger partial charge in [0.1, 0.15) is 0 Å². The molecule has 1 aromatic heterocycles. The summed E-state index contributed by atoms with van der Waals surface area (Å²) in [6.45, 7) is 3.59. The highest BCUT2D eigenvalue weighted by Gasteiger charge is 2.07. The van der Waals surface area contributed by atoms with Crippen molar-refractivity contribution in [3.8, 4) is 0 Å². The average Bonchev–Trinajstić information content (AvgIpc) is 2.42. The van der Waals surface area contributed by atoms with Crippen molar-refractivity contribution in [1.82, 2.24) is 15.6 Å². The van der Waals surface area contributed by atoms with Gasteiger partial charge < -0.3 is 15.4 Å². The molecule has 5 heteroatoms. The number of amides is 1. The van der Waals surface area contributed by atoms with E-state index in [1.54, 1.807) is 13.3 Å². The summed E-state index contributed by atoms with van der Waals surface area (Å²) in [5.41, 5.74) is 0.935. The Morgan fingerprint density at radius 1 is 1.50 bits per heavy atom. The van der Waals surface area contributed by atoms with Crippen LogP contribution in [0.1, 0.15) is 25.1 Å². The van der Waals surface area contributed by atoms with Crippen molar-refractivity contribution in [3.05, 3.63) is 30.1 Å². The zero-order valence-corrected chi connectivity index (χ0v) is 11.0. The standard InChI is InChI=1S/C13H21N3O2/c1-11(12-6-3-4-7-14-12)16-10-13(17)15-8-5-9-18-2/h3-4,6-7,11,16H,5,8-10H2,1-2H3,(H,15,17). The normalized spacial score (nSPS) is 12.1. The topological polar surface area (TPSA) is 63.2 Å².